The van der Waals surface area contributed by atoms with Gasteiger partial charge in [-0.25, -0.2) is 4.79 Å². The van der Waals surface area contributed by atoms with E-state index in [4.69, 9.17) is 11.6 Å². The summed E-state index contributed by atoms with van der Waals surface area (Å²) >= 11 is 6.31. The Morgan fingerprint density at radius 1 is 1.06 bits per heavy atom. The van der Waals surface area contributed by atoms with Crippen LogP contribution in [0.1, 0.15) is 18.4 Å². The molecule has 2 aliphatic heterocycles. The number of nitrogens with one attached hydrogen (secondary N) is 2. The fourth-order valence-corrected chi connectivity index (χ4v) is 5.25. The minimum atomic E-state index is -1.13. The smallest absolute Gasteiger partial charge is 0.405 e. The first-order valence-electron chi connectivity index (χ1n) is 12.1. The van der Waals surface area contributed by atoms with E-state index in [1.54, 1.807) is 4.90 Å². The van der Waals surface area contributed by atoms with Gasteiger partial charge in [0.2, 0.25) is 5.91 Å². The molecule has 8 heteroatoms. The number of hydrogen-bond acceptors (Lipinski definition) is 4. The molecule has 182 valence electrons. The summed E-state index contributed by atoms with van der Waals surface area (Å²) in [5, 5.41) is 15.8. The van der Waals surface area contributed by atoms with E-state index in [9.17, 15) is 14.7 Å². The summed E-state index contributed by atoms with van der Waals surface area (Å²) < 4.78 is 0. The van der Waals surface area contributed by atoms with Gasteiger partial charge in [0.15, 0.2) is 0 Å². The third-order valence-corrected chi connectivity index (χ3v) is 7.16. The molecule has 2 aromatic rings. The lowest BCUT2D eigenvalue weighted by Gasteiger charge is -2.38. The average molecular weight is 485 g/mol. The van der Waals surface area contributed by atoms with Crippen LogP contribution in [0.2, 0.25) is 5.02 Å². The number of piperazine rings is 1. The third-order valence-electron chi connectivity index (χ3n) is 6.93. The predicted molar refractivity (Wildman–Crippen MR) is 134 cm³/mol. The number of hydrogen-bond donors (Lipinski definition) is 3. The Bertz CT molecular complexity index is 973. The highest BCUT2D eigenvalue weighted by atomic mass is 35.5. The van der Waals surface area contributed by atoms with E-state index in [1.807, 2.05) is 24.3 Å². The van der Waals surface area contributed by atoms with Crippen molar-refractivity contribution >= 4 is 23.6 Å². The zero-order chi connectivity index (χ0) is 23.9. The molecular weight excluding hydrogens is 452 g/mol. The third kappa shape index (κ3) is 6.29. The summed E-state index contributed by atoms with van der Waals surface area (Å²) in [7, 11) is 0. The quantitative estimate of drug-likeness (QED) is 0.561. The molecule has 0 spiro atoms. The first-order chi connectivity index (χ1) is 16.5. The molecule has 0 unspecified atom stereocenters. The van der Waals surface area contributed by atoms with Crippen molar-refractivity contribution in [1.82, 2.24) is 20.4 Å². The van der Waals surface area contributed by atoms with E-state index in [1.165, 1.54) is 16.7 Å². The molecule has 2 saturated heterocycles. The summed E-state index contributed by atoms with van der Waals surface area (Å²) in [6.45, 7) is 5.33. The molecule has 34 heavy (non-hydrogen) atoms. The summed E-state index contributed by atoms with van der Waals surface area (Å²) in [6, 6.07) is 15.7. The number of carboxylic acid groups (broad SMARTS) is 1. The van der Waals surface area contributed by atoms with Crippen LogP contribution in [-0.2, 0) is 11.2 Å². The molecule has 2 heterocycles. The zero-order valence-electron chi connectivity index (χ0n) is 19.4. The number of carbonyl (C=O) groups is 2. The van der Waals surface area contributed by atoms with Crippen molar-refractivity contribution in [3.05, 3.63) is 59.1 Å². The number of benzene rings is 2. The van der Waals surface area contributed by atoms with E-state index >= 15 is 0 Å². The summed E-state index contributed by atoms with van der Waals surface area (Å²) in [5.41, 5.74) is 3.61. The van der Waals surface area contributed by atoms with Gasteiger partial charge >= 0.3 is 6.09 Å². The maximum Gasteiger partial charge on any atom is 0.405 e. The molecule has 0 saturated carbocycles. The molecule has 2 fully saturated rings. The van der Waals surface area contributed by atoms with Crippen LogP contribution in [0, 0.1) is 5.92 Å². The van der Waals surface area contributed by atoms with Gasteiger partial charge in [0.05, 0.1) is 0 Å². The van der Waals surface area contributed by atoms with Crippen molar-refractivity contribution in [2.24, 2.45) is 5.92 Å². The van der Waals surface area contributed by atoms with Crippen molar-refractivity contribution in [2.75, 3.05) is 45.8 Å². The summed E-state index contributed by atoms with van der Waals surface area (Å²) in [6.07, 6.45) is 1.34. The molecule has 2 amide bonds. The van der Waals surface area contributed by atoms with Crippen LogP contribution in [0.5, 0.6) is 0 Å². The molecule has 7 nitrogen and oxygen atoms in total. The normalized spacial score (nSPS) is 18.4. The van der Waals surface area contributed by atoms with E-state index < -0.39 is 12.1 Å². The predicted octanol–water partition coefficient (Wildman–Crippen LogP) is 3.33. The number of piperidine rings is 1. The van der Waals surface area contributed by atoms with Crippen LogP contribution in [0.3, 0.4) is 0 Å². The molecule has 0 aliphatic carbocycles. The van der Waals surface area contributed by atoms with Crippen LogP contribution < -0.4 is 10.6 Å². The molecule has 2 aromatic carbocycles. The van der Waals surface area contributed by atoms with E-state index in [2.05, 4.69) is 39.8 Å². The average Bonchev–Trinajstić information content (AvgIpc) is 2.87. The van der Waals surface area contributed by atoms with Gasteiger partial charge in [0.25, 0.3) is 0 Å². The highest BCUT2D eigenvalue weighted by Gasteiger charge is 2.35. The molecule has 4 rings (SSSR count). The first-order valence-corrected chi connectivity index (χ1v) is 12.4. The second-order valence-electron chi connectivity index (χ2n) is 9.10. The van der Waals surface area contributed by atoms with Gasteiger partial charge in [0.1, 0.15) is 6.04 Å². The minimum absolute atomic E-state index is 0.0146. The SMILES string of the molecule is O=C(O)N[C@@H](C(=O)N1CCNCC1)C1CCN(CCc2cc(Cl)ccc2-c2ccccc2)CC1. The van der Waals surface area contributed by atoms with Crippen LogP contribution in [0.4, 0.5) is 4.79 Å². The fourth-order valence-electron chi connectivity index (χ4n) is 5.05. The molecule has 3 N–H and O–H groups in total. The lowest BCUT2D eigenvalue weighted by molar-refractivity contribution is -0.135. The Kier molecular flexibility index (Phi) is 8.43. The van der Waals surface area contributed by atoms with Gasteiger partial charge in [-0.2, -0.15) is 0 Å². The van der Waals surface area contributed by atoms with Gasteiger partial charge in [-0.05, 0) is 67.1 Å². The Morgan fingerprint density at radius 3 is 2.44 bits per heavy atom. The molecule has 0 radical (unpaired) electrons. The topological polar surface area (TPSA) is 84.9 Å². The Hall–Kier alpha value is -2.61. The van der Waals surface area contributed by atoms with Crippen molar-refractivity contribution in [3.8, 4) is 11.1 Å². The monoisotopic (exact) mass is 484 g/mol. The number of nitrogens with zero attached hydrogens (tertiary/aromatic N) is 2. The highest BCUT2D eigenvalue weighted by molar-refractivity contribution is 6.30. The molecular formula is C26H33ClN4O3. The van der Waals surface area contributed by atoms with Crippen molar-refractivity contribution in [2.45, 2.75) is 25.3 Å². The second kappa shape index (κ2) is 11.7. The van der Waals surface area contributed by atoms with Crippen LogP contribution in [0.25, 0.3) is 11.1 Å². The number of likely N-dealkylation sites (tertiary alicyclic amines) is 1. The highest BCUT2D eigenvalue weighted by Crippen LogP contribution is 2.28. The standard InChI is InChI=1S/C26H33ClN4O3/c27-22-6-7-23(19-4-2-1-3-5-19)21(18-22)10-15-30-13-8-20(9-14-30)24(29-26(33)34)25(32)31-16-11-28-12-17-31/h1-7,18,20,24,28-29H,8-17H2,(H,33,34)/t24-/m1/s1. The lowest BCUT2D eigenvalue weighted by atomic mass is 9.88. The van der Waals surface area contributed by atoms with Crippen molar-refractivity contribution in [1.29, 1.82) is 0 Å². The van der Waals surface area contributed by atoms with Gasteiger partial charge in [-0.3, -0.25) is 4.79 Å². The maximum atomic E-state index is 13.1. The molecule has 2 aliphatic rings. The first kappa shape index (κ1) is 24.5. The molecule has 0 aromatic heterocycles. The number of carbonyl (C=O) groups excluding carboxylic acids is 1. The lowest BCUT2D eigenvalue weighted by Crippen LogP contribution is -2.57. The molecule has 0 bridgehead atoms. The van der Waals surface area contributed by atoms with Crippen LogP contribution in [0.15, 0.2) is 48.5 Å². The van der Waals surface area contributed by atoms with E-state index in [-0.39, 0.29) is 11.8 Å². The second-order valence-corrected chi connectivity index (χ2v) is 9.54. The Balaban J connectivity index is 1.36. The van der Waals surface area contributed by atoms with Crippen molar-refractivity contribution in [3.63, 3.8) is 0 Å². The summed E-state index contributed by atoms with van der Waals surface area (Å²) in [5.74, 6) is -0.0745. The Morgan fingerprint density at radius 2 is 1.76 bits per heavy atom. The van der Waals surface area contributed by atoms with Crippen LogP contribution in [-0.4, -0.2) is 78.8 Å². The largest absolute Gasteiger partial charge is 0.465 e. The zero-order valence-corrected chi connectivity index (χ0v) is 20.1. The Labute approximate surface area is 206 Å². The van der Waals surface area contributed by atoms with Gasteiger partial charge in [0, 0.05) is 37.7 Å². The van der Waals surface area contributed by atoms with Gasteiger partial charge < -0.3 is 25.5 Å². The fraction of sp³-hybridized carbons (Fsp3) is 0.462. The van der Waals surface area contributed by atoms with Crippen molar-refractivity contribution < 1.29 is 14.7 Å². The maximum absolute atomic E-state index is 13.1. The number of halogens is 1. The van der Waals surface area contributed by atoms with E-state index in [0.717, 1.165) is 57.0 Å². The number of amides is 2. The van der Waals surface area contributed by atoms with Gasteiger partial charge in [-0.1, -0.05) is 48.0 Å². The summed E-state index contributed by atoms with van der Waals surface area (Å²) in [4.78, 5) is 28.7. The molecule has 1 atom stereocenters. The minimum Gasteiger partial charge on any atom is -0.465 e. The van der Waals surface area contributed by atoms with Crippen LogP contribution >= 0.6 is 11.6 Å². The van der Waals surface area contributed by atoms with E-state index in [0.29, 0.717) is 13.1 Å². The number of rotatable bonds is 7. The van der Waals surface area contributed by atoms with Gasteiger partial charge in [-0.15, -0.1) is 0 Å².